The predicted molar refractivity (Wildman–Crippen MR) is 56.5 cm³/mol. The number of cyclic esters (lactones) is 1. The Labute approximate surface area is 93.0 Å². The molecule has 0 bridgehead atoms. The van der Waals surface area contributed by atoms with Crippen molar-refractivity contribution in [1.29, 1.82) is 0 Å². The maximum atomic E-state index is 11.1. The molecule has 0 unspecified atom stereocenters. The summed E-state index contributed by atoms with van der Waals surface area (Å²) in [5, 5.41) is 12.0. The molecule has 1 aliphatic heterocycles. The van der Waals surface area contributed by atoms with Gasteiger partial charge in [0.25, 0.3) is 0 Å². The molecule has 5 heteroatoms. The van der Waals surface area contributed by atoms with Crippen molar-refractivity contribution in [2.24, 2.45) is 0 Å². The normalized spacial score (nSPS) is 19.8. The molecule has 5 nitrogen and oxygen atoms in total. The molecule has 0 aliphatic carbocycles. The molecule has 1 aromatic carbocycles. The van der Waals surface area contributed by atoms with Gasteiger partial charge in [0.2, 0.25) is 0 Å². The first kappa shape index (κ1) is 10.6. The van der Waals surface area contributed by atoms with Crippen LogP contribution in [0.4, 0.5) is 4.79 Å². The lowest BCUT2D eigenvalue weighted by Crippen LogP contribution is -2.35. The zero-order chi connectivity index (χ0) is 11.5. The van der Waals surface area contributed by atoms with E-state index in [1.165, 1.54) is 13.2 Å². The minimum absolute atomic E-state index is 0.128. The number of nitrogens with one attached hydrogen (secondary N) is 1. The van der Waals surface area contributed by atoms with Crippen LogP contribution in [-0.2, 0) is 4.74 Å². The van der Waals surface area contributed by atoms with Gasteiger partial charge >= 0.3 is 6.09 Å². The SMILES string of the molecule is COc1cc(O)ccc1[C@@H]1CCOC(=O)N1. The van der Waals surface area contributed by atoms with E-state index < -0.39 is 6.09 Å². The molecule has 16 heavy (non-hydrogen) atoms. The molecule has 0 radical (unpaired) electrons. The Kier molecular flexibility index (Phi) is 2.85. The van der Waals surface area contributed by atoms with E-state index >= 15 is 0 Å². The molecule has 1 aliphatic rings. The number of rotatable bonds is 2. The number of carbonyl (C=O) groups excluding carboxylic acids is 1. The number of alkyl carbamates (subject to hydrolysis) is 1. The lowest BCUT2D eigenvalue weighted by atomic mass is 10.0. The second kappa shape index (κ2) is 4.30. The molecule has 0 saturated carbocycles. The number of phenols is 1. The average molecular weight is 223 g/mol. The van der Waals surface area contributed by atoms with Crippen LogP contribution in [0.5, 0.6) is 11.5 Å². The summed E-state index contributed by atoms with van der Waals surface area (Å²) in [5.41, 5.74) is 0.844. The number of amides is 1. The van der Waals surface area contributed by atoms with Crippen LogP contribution in [-0.4, -0.2) is 24.9 Å². The smallest absolute Gasteiger partial charge is 0.407 e. The minimum Gasteiger partial charge on any atom is -0.508 e. The highest BCUT2D eigenvalue weighted by molar-refractivity contribution is 5.69. The van der Waals surface area contributed by atoms with Crippen molar-refractivity contribution in [3.05, 3.63) is 23.8 Å². The third-order valence-electron chi connectivity index (χ3n) is 2.52. The highest BCUT2D eigenvalue weighted by Crippen LogP contribution is 2.31. The van der Waals surface area contributed by atoms with Crippen LogP contribution < -0.4 is 10.1 Å². The Morgan fingerprint density at radius 1 is 1.56 bits per heavy atom. The van der Waals surface area contributed by atoms with Gasteiger partial charge in [0, 0.05) is 18.1 Å². The lowest BCUT2D eigenvalue weighted by Gasteiger charge is -2.25. The summed E-state index contributed by atoms with van der Waals surface area (Å²) in [7, 11) is 1.53. The van der Waals surface area contributed by atoms with E-state index in [-0.39, 0.29) is 11.8 Å². The standard InChI is InChI=1S/C11H13NO4/c1-15-10-6-7(13)2-3-8(10)9-4-5-16-11(14)12-9/h2-3,6,9,13H,4-5H2,1H3,(H,12,14)/t9-/m0/s1. The molecule has 1 aromatic rings. The van der Waals surface area contributed by atoms with Gasteiger partial charge in [-0.25, -0.2) is 4.79 Å². The number of methoxy groups -OCH3 is 1. The van der Waals surface area contributed by atoms with Crippen LogP contribution >= 0.6 is 0 Å². The van der Waals surface area contributed by atoms with E-state index in [0.717, 1.165) is 5.56 Å². The molecule has 1 fully saturated rings. The number of aromatic hydroxyl groups is 1. The van der Waals surface area contributed by atoms with Crippen LogP contribution in [0.1, 0.15) is 18.0 Å². The maximum absolute atomic E-state index is 11.1. The summed E-state index contributed by atoms with van der Waals surface area (Å²) >= 11 is 0. The van der Waals surface area contributed by atoms with Crippen LogP contribution in [0.2, 0.25) is 0 Å². The molecular formula is C11H13NO4. The molecule has 1 saturated heterocycles. The first-order valence-electron chi connectivity index (χ1n) is 5.01. The van der Waals surface area contributed by atoms with Gasteiger partial charge in [0.1, 0.15) is 11.5 Å². The lowest BCUT2D eigenvalue weighted by molar-refractivity contribution is 0.115. The molecule has 86 valence electrons. The second-order valence-electron chi connectivity index (χ2n) is 3.55. The van der Waals surface area contributed by atoms with E-state index in [2.05, 4.69) is 5.32 Å². The zero-order valence-electron chi connectivity index (χ0n) is 8.90. The van der Waals surface area contributed by atoms with Gasteiger partial charge in [-0.3, -0.25) is 0 Å². The molecule has 2 N–H and O–H groups in total. The predicted octanol–water partition coefficient (Wildman–Crippen LogP) is 1.57. The number of benzene rings is 1. The van der Waals surface area contributed by atoms with Gasteiger partial charge in [-0.1, -0.05) is 0 Å². The monoisotopic (exact) mass is 223 g/mol. The Morgan fingerprint density at radius 3 is 3.06 bits per heavy atom. The van der Waals surface area contributed by atoms with Crippen molar-refractivity contribution in [2.45, 2.75) is 12.5 Å². The maximum Gasteiger partial charge on any atom is 0.407 e. The first-order chi connectivity index (χ1) is 7.70. The quantitative estimate of drug-likeness (QED) is 0.798. The topological polar surface area (TPSA) is 67.8 Å². The fourth-order valence-corrected chi connectivity index (χ4v) is 1.75. The highest BCUT2D eigenvalue weighted by Gasteiger charge is 2.23. The number of ether oxygens (including phenoxy) is 2. The molecule has 1 heterocycles. The fourth-order valence-electron chi connectivity index (χ4n) is 1.75. The Morgan fingerprint density at radius 2 is 2.38 bits per heavy atom. The largest absolute Gasteiger partial charge is 0.508 e. The van der Waals surface area contributed by atoms with Crippen LogP contribution in [0.25, 0.3) is 0 Å². The number of hydrogen-bond acceptors (Lipinski definition) is 4. The summed E-state index contributed by atoms with van der Waals surface area (Å²) in [6, 6.07) is 4.71. The molecule has 0 aromatic heterocycles. The van der Waals surface area contributed by atoms with Crippen molar-refractivity contribution in [1.82, 2.24) is 5.32 Å². The van der Waals surface area contributed by atoms with E-state index in [1.807, 2.05) is 0 Å². The third-order valence-corrected chi connectivity index (χ3v) is 2.52. The molecule has 0 spiro atoms. The summed E-state index contributed by atoms with van der Waals surface area (Å²) in [4.78, 5) is 11.1. The van der Waals surface area contributed by atoms with E-state index in [0.29, 0.717) is 18.8 Å². The number of hydrogen-bond donors (Lipinski definition) is 2. The van der Waals surface area contributed by atoms with Gasteiger partial charge in [0.05, 0.1) is 19.8 Å². The summed E-state index contributed by atoms with van der Waals surface area (Å²) < 4.78 is 9.95. The van der Waals surface area contributed by atoms with E-state index in [9.17, 15) is 9.90 Å². The summed E-state index contributed by atoms with van der Waals surface area (Å²) in [6.45, 7) is 0.389. The van der Waals surface area contributed by atoms with Crippen molar-refractivity contribution in [3.63, 3.8) is 0 Å². The third kappa shape index (κ3) is 2.03. The Balaban J connectivity index is 2.28. The van der Waals surface area contributed by atoms with E-state index in [1.54, 1.807) is 12.1 Å². The Hall–Kier alpha value is -1.91. The van der Waals surface area contributed by atoms with Crippen LogP contribution in [0, 0.1) is 0 Å². The van der Waals surface area contributed by atoms with Crippen LogP contribution in [0.15, 0.2) is 18.2 Å². The van der Waals surface area contributed by atoms with Gasteiger partial charge in [-0.15, -0.1) is 0 Å². The van der Waals surface area contributed by atoms with E-state index in [4.69, 9.17) is 9.47 Å². The van der Waals surface area contributed by atoms with Crippen molar-refractivity contribution in [2.75, 3.05) is 13.7 Å². The summed E-state index contributed by atoms with van der Waals surface area (Å²) in [5.74, 6) is 0.700. The zero-order valence-corrected chi connectivity index (χ0v) is 8.90. The van der Waals surface area contributed by atoms with Crippen molar-refractivity contribution in [3.8, 4) is 11.5 Å². The van der Waals surface area contributed by atoms with Crippen molar-refractivity contribution < 1.29 is 19.4 Å². The molecular weight excluding hydrogens is 210 g/mol. The minimum atomic E-state index is -0.425. The molecule has 1 atom stereocenters. The average Bonchev–Trinajstić information content (AvgIpc) is 2.28. The molecule has 1 amide bonds. The summed E-state index contributed by atoms with van der Waals surface area (Å²) in [6.07, 6.45) is 0.263. The van der Waals surface area contributed by atoms with Crippen LogP contribution in [0.3, 0.4) is 0 Å². The second-order valence-corrected chi connectivity index (χ2v) is 3.55. The first-order valence-corrected chi connectivity index (χ1v) is 5.01. The van der Waals surface area contributed by atoms with Gasteiger partial charge in [-0.05, 0) is 12.1 Å². The molecule has 2 rings (SSSR count). The fraction of sp³-hybridized carbons (Fsp3) is 0.364. The Bertz CT molecular complexity index is 405. The number of carbonyl (C=O) groups is 1. The highest BCUT2D eigenvalue weighted by atomic mass is 16.6. The number of phenolic OH excluding ortho intramolecular Hbond substituents is 1. The van der Waals surface area contributed by atoms with Gasteiger partial charge < -0.3 is 19.9 Å². The van der Waals surface area contributed by atoms with Gasteiger partial charge in [-0.2, -0.15) is 0 Å². The van der Waals surface area contributed by atoms with Gasteiger partial charge in [0.15, 0.2) is 0 Å². The van der Waals surface area contributed by atoms with Crippen molar-refractivity contribution >= 4 is 6.09 Å².